The summed E-state index contributed by atoms with van der Waals surface area (Å²) in [5.74, 6) is 0.397. The summed E-state index contributed by atoms with van der Waals surface area (Å²) in [7, 11) is 0. The first kappa shape index (κ1) is 15.8. The quantitative estimate of drug-likeness (QED) is 0.772. The minimum absolute atomic E-state index is 0.287. The van der Waals surface area contributed by atoms with Gasteiger partial charge in [0, 0.05) is 18.0 Å². The topological polar surface area (TPSA) is 41.3 Å². The van der Waals surface area contributed by atoms with Gasteiger partial charge in [-0.15, -0.1) is 11.3 Å². The van der Waals surface area contributed by atoms with Crippen molar-refractivity contribution in [2.75, 3.05) is 19.6 Å². The normalized spacial score (nSPS) is 18.2. The van der Waals surface area contributed by atoms with Crippen LogP contribution in [0.15, 0.2) is 48.1 Å². The van der Waals surface area contributed by atoms with E-state index in [-0.39, 0.29) is 6.10 Å². The predicted octanol–water partition coefficient (Wildman–Crippen LogP) is 3.54. The third-order valence-electron chi connectivity index (χ3n) is 5.10. The van der Waals surface area contributed by atoms with E-state index in [1.807, 2.05) is 29.9 Å². The van der Waals surface area contributed by atoms with Crippen molar-refractivity contribution in [1.82, 2.24) is 14.5 Å². The number of imidazole rings is 1. The molecule has 1 unspecified atom stereocenters. The number of piperidine rings is 1. The van der Waals surface area contributed by atoms with Crippen molar-refractivity contribution in [3.63, 3.8) is 0 Å². The third kappa shape index (κ3) is 3.24. The summed E-state index contributed by atoms with van der Waals surface area (Å²) >= 11 is 1.66. The maximum atomic E-state index is 10.5. The van der Waals surface area contributed by atoms with E-state index in [0.717, 1.165) is 49.4 Å². The molecule has 1 N–H and O–H groups in total. The molecule has 3 aromatic rings. The van der Waals surface area contributed by atoms with E-state index in [0.29, 0.717) is 5.92 Å². The van der Waals surface area contributed by atoms with Crippen LogP contribution in [0.3, 0.4) is 0 Å². The highest BCUT2D eigenvalue weighted by molar-refractivity contribution is 7.10. The van der Waals surface area contributed by atoms with Crippen LogP contribution in [0.25, 0.3) is 11.0 Å². The Morgan fingerprint density at radius 3 is 2.75 bits per heavy atom. The zero-order valence-corrected chi connectivity index (χ0v) is 14.5. The minimum Gasteiger partial charge on any atom is -0.387 e. The van der Waals surface area contributed by atoms with Gasteiger partial charge in [-0.05, 0) is 55.4 Å². The molecule has 0 saturated carbocycles. The van der Waals surface area contributed by atoms with E-state index < -0.39 is 0 Å². The van der Waals surface area contributed by atoms with Crippen LogP contribution in [-0.2, 0) is 6.54 Å². The lowest BCUT2D eigenvalue weighted by Crippen LogP contribution is -2.37. The minimum atomic E-state index is -0.287. The average molecular weight is 341 g/mol. The summed E-state index contributed by atoms with van der Waals surface area (Å²) in [5.41, 5.74) is 2.27. The zero-order chi connectivity index (χ0) is 16.4. The van der Waals surface area contributed by atoms with Crippen LogP contribution >= 0.6 is 11.3 Å². The summed E-state index contributed by atoms with van der Waals surface area (Å²) in [6, 6.07) is 12.4. The third-order valence-corrected chi connectivity index (χ3v) is 6.04. The van der Waals surface area contributed by atoms with Gasteiger partial charge < -0.3 is 14.6 Å². The van der Waals surface area contributed by atoms with E-state index in [4.69, 9.17) is 0 Å². The van der Waals surface area contributed by atoms with E-state index in [9.17, 15) is 5.11 Å². The van der Waals surface area contributed by atoms with Crippen molar-refractivity contribution in [3.05, 3.63) is 53.0 Å². The number of para-hydroxylation sites is 2. The van der Waals surface area contributed by atoms with Gasteiger partial charge in [0.05, 0.1) is 23.5 Å². The van der Waals surface area contributed by atoms with Crippen molar-refractivity contribution >= 4 is 22.4 Å². The van der Waals surface area contributed by atoms with Crippen LogP contribution in [0.1, 0.15) is 23.8 Å². The second kappa shape index (κ2) is 7.05. The van der Waals surface area contributed by atoms with Crippen LogP contribution in [0.2, 0.25) is 0 Å². The van der Waals surface area contributed by atoms with Crippen LogP contribution < -0.4 is 0 Å². The molecular formula is C19H23N3OS. The molecule has 1 fully saturated rings. The Hall–Kier alpha value is -1.69. The van der Waals surface area contributed by atoms with Crippen LogP contribution in [0.4, 0.5) is 0 Å². The molecule has 2 aromatic heterocycles. The molecule has 1 saturated heterocycles. The van der Waals surface area contributed by atoms with E-state index in [2.05, 4.69) is 32.7 Å². The number of benzene rings is 1. The number of aromatic nitrogens is 2. The lowest BCUT2D eigenvalue weighted by atomic mass is 9.90. The van der Waals surface area contributed by atoms with Gasteiger partial charge in [-0.1, -0.05) is 18.2 Å². The summed E-state index contributed by atoms with van der Waals surface area (Å²) in [6.45, 7) is 4.15. The fraction of sp³-hybridized carbons (Fsp3) is 0.421. The van der Waals surface area contributed by atoms with Crippen molar-refractivity contribution in [3.8, 4) is 0 Å². The highest BCUT2D eigenvalue weighted by Gasteiger charge is 2.26. The average Bonchev–Trinajstić information content (AvgIpc) is 3.30. The molecule has 4 rings (SSSR count). The number of likely N-dealkylation sites (tertiary alicyclic amines) is 1. The van der Waals surface area contributed by atoms with Crippen LogP contribution in [-0.4, -0.2) is 39.2 Å². The zero-order valence-electron chi connectivity index (χ0n) is 13.7. The van der Waals surface area contributed by atoms with Crippen LogP contribution in [0.5, 0.6) is 0 Å². The largest absolute Gasteiger partial charge is 0.387 e. The van der Waals surface area contributed by atoms with Crippen LogP contribution in [0, 0.1) is 5.92 Å². The molecule has 0 spiro atoms. The maximum Gasteiger partial charge on any atom is 0.0958 e. The molecular weight excluding hydrogens is 318 g/mol. The molecule has 0 bridgehead atoms. The summed E-state index contributed by atoms with van der Waals surface area (Å²) in [5, 5.41) is 12.5. The lowest BCUT2D eigenvalue weighted by molar-refractivity contribution is 0.0604. The van der Waals surface area contributed by atoms with Crippen molar-refractivity contribution < 1.29 is 5.11 Å². The van der Waals surface area contributed by atoms with E-state index >= 15 is 0 Å². The summed E-state index contributed by atoms with van der Waals surface area (Å²) in [4.78, 5) is 8.07. The van der Waals surface area contributed by atoms with E-state index in [1.54, 1.807) is 11.3 Å². The first-order chi connectivity index (χ1) is 11.8. The number of aliphatic hydroxyl groups is 1. The van der Waals surface area contributed by atoms with Crippen molar-refractivity contribution in [2.24, 2.45) is 5.92 Å². The Morgan fingerprint density at radius 1 is 1.12 bits per heavy atom. The number of nitrogens with zero attached hydrogens (tertiary/aromatic N) is 3. The Balaban J connectivity index is 1.30. The molecule has 126 valence electrons. The molecule has 1 aliphatic heterocycles. The number of thiophene rings is 1. The standard InChI is InChI=1S/C19H23N3OS/c23-19(18-6-3-13-24-18)15-7-9-21(10-8-15)11-12-22-14-20-16-4-1-2-5-17(16)22/h1-6,13-15,19,23H,7-12H2. The monoisotopic (exact) mass is 341 g/mol. The van der Waals surface area contributed by atoms with Gasteiger partial charge in [0.2, 0.25) is 0 Å². The molecule has 0 aliphatic carbocycles. The van der Waals surface area contributed by atoms with Gasteiger partial charge >= 0.3 is 0 Å². The van der Waals surface area contributed by atoms with E-state index in [1.165, 1.54) is 5.52 Å². The van der Waals surface area contributed by atoms with Crippen molar-refractivity contribution in [1.29, 1.82) is 0 Å². The summed E-state index contributed by atoms with van der Waals surface area (Å²) in [6.07, 6.45) is 3.80. The van der Waals surface area contributed by atoms with Gasteiger partial charge in [0.15, 0.2) is 0 Å². The lowest BCUT2D eigenvalue weighted by Gasteiger charge is -2.34. The maximum absolute atomic E-state index is 10.5. The second-order valence-corrected chi connectivity index (χ2v) is 7.55. The first-order valence-electron chi connectivity index (χ1n) is 8.65. The van der Waals surface area contributed by atoms with Gasteiger partial charge in [0.1, 0.15) is 0 Å². The smallest absolute Gasteiger partial charge is 0.0958 e. The molecule has 24 heavy (non-hydrogen) atoms. The molecule has 1 aliphatic rings. The molecule has 1 aromatic carbocycles. The van der Waals surface area contributed by atoms with Crippen molar-refractivity contribution in [2.45, 2.75) is 25.5 Å². The number of hydrogen-bond acceptors (Lipinski definition) is 4. The Labute approximate surface area is 146 Å². The Bertz CT molecular complexity index is 775. The fourth-order valence-corrected chi connectivity index (χ4v) is 4.43. The Morgan fingerprint density at radius 2 is 1.96 bits per heavy atom. The molecule has 3 heterocycles. The highest BCUT2D eigenvalue weighted by atomic mass is 32.1. The molecule has 4 nitrogen and oxygen atoms in total. The number of aliphatic hydroxyl groups excluding tert-OH is 1. The first-order valence-corrected chi connectivity index (χ1v) is 9.53. The second-order valence-electron chi connectivity index (χ2n) is 6.57. The number of fused-ring (bicyclic) bond motifs is 1. The fourth-order valence-electron chi connectivity index (χ4n) is 3.62. The molecule has 0 amide bonds. The van der Waals surface area contributed by atoms with Gasteiger partial charge in [0.25, 0.3) is 0 Å². The van der Waals surface area contributed by atoms with Gasteiger partial charge in [-0.25, -0.2) is 4.98 Å². The SMILES string of the molecule is OC(c1cccs1)C1CCN(CCn2cnc3ccccc32)CC1. The van der Waals surface area contributed by atoms with Gasteiger partial charge in [-0.3, -0.25) is 0 Å². The number of rotatable bonds is 5. The predicted molar refractivity (Wildman–Crippen MR) is 98.2 cm³/mol. The number of hydrogen-bond donors (Lipinski definition) is 1. The highest BCUT2D eigenvalue weighted by Crippen LogP contribution is 2.32. The summed E-state index contributed by atoms with van der Waals surface area (Å²) < 4.78 is 2.24. The molecule has 0 radical (unpaired) electrons. The molecule has 1 atom stereocenters. The molecule has 5 heteroatoms. The Kier molecular flexibility index (Phi) is 4.65. The van der Waals surface area contributed by atoms with Gasteiger partial charge in [-0.2, -0.15) is 0 Å².